The summed E-state index contributed by atoms with van der Waals surface area (Å²) in [5, 5.41) is 0. The van der Waals surface area contributed by atoms with Crippen molar-refractivity contribution in [1.82, 2.24) is 0 Å². The molecule has 0 spiro atoms. The van der Waals surface area contributed by atoms with Gasteiger partial charge in [0.1, 0.15) is 0 Å². The lowest BCUT2D eigenvalue weighted by Gasteiger charge is -2.49. The van der Waals surface area contributed by atoms with Gasteiger partial charge >= 0.3 is 0 Å². The number of likely N-dealkylation sites (N-methyl/N-ethyl adjacent to an activating group) is 1. The lowest BCUT2D eigenvalue weighted by molar-refractivity contribution is 0.368. The SMILES string of the molecule is Cc1cc2c(cc1C)N(C)C1(C)C(=N2)c2ccccc2C1(C)C. The average Bonchev–Trinajstić information content (AvgIpc) is 2.69. The quantitative estimate of drug-likeness (QED) is 0.674. The summed E-state index contributed by atoms with van der Waals surface area (Å²) in [4.78, 5) is 7.59. The van der Waals surface area contributed by atoms with Gasteiger partial charge in [-0.15, -0.1) is 0 Å². The number of nitrogens with zero attached hydrogens (tertiary/aromatic N) is 2. The second-order valence-corrected chi connectivity index (χ2v) is 7.69. The van der Waals surface area contributed by atoms with Gasteiger partial charge in [0, 0.05) is 18.0 Å². The van der Waals surface area contributed by atoms with Gasteiger partial charge in [-0.3, -0.25) is 0 Å². The highest BCUT2D eigenvalue weighted by Gasteiger charge is 2.57. The first kappa shape index (κ1) is 14.5. The Kier molecular flexibility index (Phi) is 2.68. The topological polar surface area (TPSA) is 15.6 Å². The molecule has 4 rings (SSSR count). The van der Waals surface area contributed by atoms with Gasteiger partial charge in [-0.05, 0) is 49.6 Å². The summed E-state index contributed by atoms with van der Waals surface area (Å²) < 4.78 is 0. The van der Waals surface area contributed by atoms with Crippen LogP contribution in [0.1, 0.15) is 43.0 Å². The number of benzene rings is 2. The molecule has 1 aliphatic heterocycles. The fourth-order valence-electron chi connectivity index (χ4n) is 4.31. The van der Waals surface area contributed by atoms with Gasteiger partial charge in [0.25, 0.3) is 0 Å². The van der Waals surface area contributed by atoms with Crippen LogP contribution < -0.4 is 4.90 Å². The molecule has 0 amide bonds. The predicted octanol–water partition coefficient (Wildman–Crippen LogP) is 4.92. The first-order chi connectivity index (χ1) is 10.8. The number of aliphatic imine (C=N–C) groups is 1. The molecule has 2 aromatic carbocycles. The van der Waals surface area contributed by atoms with E-state index in [1.807, 2.05) is 0 Å². The highest BCUT2D eigenvalue weighted by Crippen LogP contribution is 2.54. The molecule has 2 aliphatic rings. The average molecular weight is 304 g/mol. The Morgan fingerprint density at radius 2 is 1.61 bits per heavy atom. The largest absolute Gasteiger partial charge is 0.361 e. The first-order valence-corrected chi connectivity index (χ1v) is 8.32. The maximum atomic E-state index is 5.14. The second kappa shape index (κ2) is 4.25. The minimum absolute atomic E-state index is 0.00760. The summed E-state index contributed by atoms with van der Waals surface area (Å²) in [6.45, 7) is 11.4. The maximum Gasteiger partial charge on any atom is 0.0890 e. The monoisotopic (exact) mass is 304 g/mol. The molecule has 1 aliphatic carbocycles. The van der Waals surface area contributed by atoms with E-state index in [0.717, 1.165) is 5.69 Å². The Bertz CT molecular complexity index is 860. The van der Waals surface area contributed by atoms with Crippen molar-refractivity contribution in [2.45, 2.75) is 45.6 Å². The van der Waals surface area contributed by atoms with Crippen LogP contribution in [0.5, 0.6) is 0 Å². The van der Waals surface area contributed by atoms with Gasteiger partial charge in [0.05, 0.1) is 22.6 Å². The molecule has 118 valence electrons. The summed E-state index contributed by atoms with van der Waals surface area (Å²) in [5.74, 6) is 0. The maximum absolute atomic E-state index is 5.14. The zero-order chi connectivity index (χ0) is 16.6. The molecule has 0 radical (unpaired) electrons. The molecular weight excluding hydrogens is 280 g/mol. The van der Waals surface area contributed by atoms with Gasteiger partial charge < -0.3 is 4.90 Å². The molecule has 0 fully saturated rings. The zero-order valence-corrected chi connectivity index (χ0v) is 14.9. The summed E-state index contributed by atoms with van der Waals surface area (Å²) >= 11 is 0. The van der Waals surface area contributed by atoms with E-state index in [0.29, 0.717) is 0 Å². The molecule has 1 heterocycles. The van der Waals surface area contributed by atoms with Crippen molar-refractivity contribution in [3.8, 4) is 0 Å². The highest BCUT2D eigenvalue weighted by molar-refractivity contribution is 6.17. The number of hydrogen-bond acceptors (Lipinski definition) is 2. The van der Waals surface area contributed by atoms with Crippen molar-refractivity contribution in [3.05, 3.63) is 58.7 Å². The van der Waals surface area contributed by atoms with Crippen molar-refractivity contribution in [2.24, 2.45) is 4.99 Å². The molecule has 1 atom stereocenters. The van der Waals surface area contributed by atoms with Crippen molar-refractivity contribution in [1.29, 1.82) is 0 Å². The molecule has 23 heavy (non-hydrogen) atoms. The Labute approximate surface area is 138 Å². The molecule has 2 aromatic rings. The van der Waals surface area contributed by atoms with Crippen LogP contribution in [0, 0.1) is 13.8 Å². The fraction of sp³-hybridized carbons (Fsp3) is 0.381. The van der Waals surface area contributed by atoms with Crippen molar-refractivity contribution >= 4 is 17.1 Å². The summed E-state index contributed by atoms with van der Waals surface area (Å²) in [5.41, 5.74) is 8.73. The number of fused-ring (bicyclic) bond motifs is 4. The molecule has 0 saturated heterocycles. The van der Waals surface area contributed by atoms with Crippen LogP contribution in [0.15, 0.2) is 41.4 Å². The molecule has 0 N–H and O–H groups in total. The van der Waals surface area contributed by atoms with Crippen LogP contribution in [0.25, 0.3) is 0 Å². The Hall–Kier alpha value is -2.09. The third-order valence-electron chi connectivity index (χ3n) is 6.39. The standard InChI is InChI=1S/C21H24N2/c1-13-11-17-18(12-14(13)2)23(6)21(5)19(22-17)15-9-7-8-10-16(15)20(21,3)4/h7-12H,1-6H3. The van der Waals surface area contributed by atoms with Crippen molar-refractivity contribution < 1.29 is 0 Å². The number of hydrogen-bond donors (Lipinski definition) is 0. The third-order valence-corrected chi connectivity index (χ3v) is 6.39. The van der Waals surface area contributed by atoms with E-state index in [-0.39, 0.29) is 11.0 Å². The molecule has 1 unspecified atom stereocenters. The van der Waals surface area contributed by atoms with E-state index in [4.69, 9.17) is 4.99 Å². The van der Waals surface area contributed by atoms with Gasteiger partial charge in [0.2, 0.25) is 0 Å². The number of rotatable bonds is 0. The van der Waals surface area contributed by atoms with Crippen molar-refractivity contribution in [2.75, 3.05) is 11.9 Å². The Morgan fingerprint density at radius 1 is 0.957 bits per heavy atom. The zero-order valence-electron chi connectivity index (χ0n) is 14.9. The van der Waals surface area contributed by atoms with Crippen LogP contribution in [-0.2, 0) is 5.41 Å². The van der Waals surface area contributed by atoms with Gasteiger partial charge in [-0.2, -0.15) is 0 Å². The lowest BCUT2D eigenvalue weighted by atomic mass is 9.71. The predicted molar refractivity (Wildman–Crippen MR) is 98.4 cm³/mol. The highest BCUT2D eigenvalue weighted by atomic mass is 15.2. The first-order valence-electron chi connectivity index (χ1n) is 8.32. The molecule has 2 heteroatoms. The molecular formula is C21H24N2. The normalized spacial score (nSPS) is 23.9. The van der Waals surface area contributed by atoms with E-state index in [9.17, 15) is 0 Å². The van der Waals surface area contributed by atoms with Gasteiger partial charge in [-0.1, -0.05) is 38.1 Å². The van der Waals surface area contributed by atoms with Crippen molar-refractivity contribution in [3.63, 3.8) is 0 Å². The van der Waals surface area contributed by atoms with E-state index >= 15 is 0 Å². The second-order valence-electron chi connectivity index (χ2n) is 7.69. The van der Waals surface area contributed by atoms with Crippen LogP contribution >= 0.6 is 0 Å². The minimum atomic E-state index is -0.134. The van der Waals surface area contributed by atoms with Crippen LogP contribution in [0.3, 0.4) is 0 Å². The molecule has 2 nitrogen and oxygen atoms in total. The summed E-state index contributed by atoms with van der Waals surface area (Å²) in [7, 11) is 2.22. The third kappa shape index (κ3) is 1.56. The Balaban J connectivity index is 2.07. The number of aryl methyl sites for hydroxylation is 2. The van der Waals surface area contributed by atoms with Gasteiger partial charge in [0.15, 0.2) is 0 Å². The molecule has 0 saturated carbocycles. The van der Waals surface area contributed by atoms with E-state index < -0.39 is 0 Å². The molecule has 0 bridgehead atoms. The summed E-state index contributed by atoms with van der Waals surface area (Å²) in [6, 6.07) is 13.3. The van der Waals surface area contributed by atoms with E-state index in [2.05, 4.69) is 83.0 Å². The Morgan fingerprint density at radius 3 is 2.35 bits per heavy atom. The molecule has 0 aromatic heterocycles. The van der Waals surface area contributed by atoms with Crippen LogP contribution in [0.4, 0.5) is 11.4 Å². The summed E-state index contributed by atoms with van der Waals surface area (Å²) in [6.07, 6.45) is 0. The van der Waals surface area contributed by atoms with Crippen LogP contribution in [0.2, 0.25) is 0 Å². The lowest BCUT2D eigenvalue weighted by Crippen LogP contribution is -2.59. The van der Waals surface area contributed by atoms with E-state index in [1.165, 1.54) is 33.7 Å². The number of anilines is 1. The smallest absolute Gasteiger partial charge is 0.0890 e. The van der Waals surface area contributed by atoms with E-state index in [1.54, 1.807) is 0 Å². The van der Waals surface area contributed by atoms with Crippen LogP contribution in [-0.4, -0.2) is 18.3 Å². The fourth-order valence-corrected chi connectivity index (χ4v) is 4.31. The minimum Gasteiger partial charge on any atom is -0.361 e. The van der Waals surface area contributed by atoms with Gasteiger partial charge in [-0.25, -0.2) is 4.99 Å².